The summed E-state index contributed by atoms with van der Waals surface area (Å²) in [7, 11) is 0. The maximum absolute atomic E-state index is 6.06. The van der Waals surface area contributed by atoms with E-state index in [4.69, 9.17) is 11.6 Å². The molecule has 0 radical (unpaired) electrons. The summed E-state index contributed by atoms with van der Waals surface area (Å²) in [6.07, 6.45) is 3.53. The molecule has 4 rings (SSSR count). The fourth-order valence-electron chi connectivity index (χ4n) is 2.96. The summed E-state index contributed by atoms with van der Waals surface area (Å²) in [5, 5.41) is 7.06. The number of hydrogen-bond acceptors (Lipinski definition) is 4. The van der Waals surface area contributed by atoms with Crippen molar-refractivity contribution in [2.24, 2.45) is 0 Å². The highest BCUT2D eigenvalue weighted by molar-refractivity contribution is 7.10. The normalized spacial score (nSPS) is 17.7. The van der Waals surface area contributed by atoms with Crippen LogP contribution in [0.3, 0.4) is 0 Å². The zero-order valence-corrected chi connectivity index (χ0v) is 12.9. The van der Waals surface area contributed by atoms with Gasteiger partial charge >= 0.3 is 0 Å². The number of nitrogens with one attached hydrogen (secondary N) is 1. The van der Waals surface area contributed by atoms with E-state index in [1.807, 2.05) is 35.6 Å². The van der Waals surface area contributed by atoms with Crippen molar-refractivity contribution in [1.82, 2.24) is 9.97 Å². The van der Waals surface area contributed by atoms with Gasteiger partial charge in [0.25, 0.3) is 0 Å². The second kappa shape index (κ2) is 5.28. The molecule has 2 aromatic heterocycles. The minimum atomic E-state index is 0.289. The highest BCUT2D eigenvalue weighted by atomic mass is 35.5. The number of anilines is 1. The number of fused-ring (bicyclic) bond motifs is 2. The highest BCUT2D eigenvalue weighted by Gasteiger charge is 2.22. The molecule has 106 valence electrons. The summed E-state index contributed by atoms with van der Waals surface area (Å²) in [5.74, 6) is 0.828. The first-order valence-corrected chi connectivity index (χ1v) is 8.32. The third-order valence-electron chi connectivity index (χ3n) is 3.94. The SMILES string of the molecule is Clc1nc(NC2CCCc3sccc32)c2ccccc2n1. The van der Waals surface area contributed by atoms with Crippen molar-refractivity contribution in [3.05, 3.63) is 51.4 Å². The van der Waals surface area contributed by atoms with Gasteiger partial charge in [0.1, 0.15) is 5.82 Å². The van der Waals surface area contributed by atoms with Crippen LogP contribution in [0.5, 0.6) is 0 Å². The summed E-state index contributed by atoms with van der Waals surface area (Å²) in [6, 6.07) is 10.5. The molecule has 1 aliphatic rings. The van der Waals surface area contributed by atoms with Crippen LogP contribution in [0.4, 0.5) is 5.82 Å². The van der Waals surface area contributed by atoms with E-state index in [-0.39, 0.29) is 5.28 Å². The first-order chi connectivity index (χ1) is 10.3. The van der Waals surface area contributed by atoms with Gasteiger partial charge in [0.15, 0.2) is 0 Å². The molecule has 21 heavy (non-hydrogen) atoms. The van der Waals surface area contributed by atoms with E-state index < -0.39 is 0 Å². The average molecular weight is 316 g/mol. The number of aryl methyl sites for hydroxylation is 1. The lowest BCUT2D eigenvalue weighted by molar-refractivity contribution is 0.607. The lowest BCUT2D eigenvalue weighted by Crippen LogP contribution is -2.16. The molecule has 0 bridgehead atoms. The molecule has 1 aliphatic carbocycles. The molecule has 3 nitrogen and oxygen atoms in total. The molecule has 0 amide bonds. The van der Waals surface area contributed by atoms with Crippen LogP contribution in [0, 0.1) is 0 Å². The molecule has 2 heterocycles. The second-order valence-electron chi connectivity index (χ2n) is 5.25. The third-order valence-corrected chi connectivity index (χ3v) is 5.10. The number of aromatic nitrogens is 2. The quantitative estimate of drug-likeness (QED) is 0.688. The van der Waals surface area contributed by atoms with Crippen LogP contribution in [-0.4, -0.2) is 9.97 Å². The molecular weight excluding hydrogens is 302 g/mol. The van der Waals surface area contributed by atoms with E-state index >= 15 is 0 Å². The molecule has 1 N–H and O–H groups in total. The van der Waals surface area contributed by atoms with Gasteiger partial charge in [0.05, 0.1) is 11.6 Å². The number of halogens is 1. The molecule has 0 spiro atoms. The van der Waals surface area contributed by atoms with Gasteiger partial charge < -0.3 is 5.32 Å². The summed E-state index contributed by atoms with van der Waals surface area (Å²) in [6.45, 7) is 0. The Balaban J connectivity index is 1.76. The molecule has 1 unspecified atom stereocenters. The minimum absolute atomic E-state index is 0.289. The molecule has 0 saturated heterocycles. The van der Waals surface area contributed by atoms with Crippen LogP contribution >= 0.6 is 22.9 Å². The first-order valence-electron chi connectivity index (χ1n) is 7.06. The van der Waals surface area contributed by atoms with E-state index in [0.29, 0.717) is 6.04 Å². The molecule has 1 aromatic carbocycles. The van der Waals surface area contributed by atoms with Crippen LogP contribution in [-0.2, 0) is 6.42 Å². The van der Waals surface area contributed by atoms with Gasteiger partial charge in [-0.2, -0.15) is 0 Å². The van der Waals surface area contributed by atoms with Crippen LogP contribution in [0.15, 0.2) is 35.7 Å². The summed E-state index contributed by atoms with van der Waals surface area (Å²) < 4.78 is 0. The van der Waals surface area contributed by atoms with E-state index in [0.717, 1.165) is 23.1 Å². The number of hydrogen-bond donors (Lipinski definition) is 1. The highest BCUT2D eigenvalue weighted by Crippen LogP contribution is 2.36. The van der Waals surface area contributed by atoms with Crippen molar-refractivity contribution in [3.63, 3.8) is 0 Å². The van der Waals surface area contributed by atoms with Crippen LogP contribution < -0.4 is 5.32 Å². The zero-order chi connectivity index (χ0) is 14.2. The first kappa shape index (κ1) is 13.0. The molecule has 0 saturated carbocycles. The van der Waals surface area contributed by atoms with Crippen LogP contribution in [0.2, 0.25) is 5.28 Å². The maximum Gasteiger partial charge on any atom is 0.224 e. The van der Waals surface area contributed by atoms with Gasteiger partial charge in [-0.05, 0) is 60.0 Å². The topological polar surface area (TPSA) is 37.8 Å². The van der Waals surface area contributed by atoms with Crippen molar-refractivity contribution >= 4 is 39.7 Å². The van der Waals surface area contributed by atoms with Crippen molar-refractivity contribution in [2.45, 2.75) is 25.3 Å². The lowest BCUT2D eigenvalue weighted by Gasteiger charge is -2.24. The van der Waals surface area contributed by atoms with Crippen molar-refractivity contribution in [3.8, 4) is 0 Å². The third kappa shape index (κ3) is 2.39. The van der Waals surface area contributed by atoms with Crippen molar-refractivity contribution in [2.75, 3.05) is 5.32 Å². The van der Waals surface area contributed by atoms with Crippen LogP contribution in [0.25, 0.3) is 10.9 Å². The van der Waals surface area contributed by atoms with Gasteiger partial charge in [-0.15, -0.1) is 11.3 Å². The zero-order valence-electron chi connectivity index (χ0n) is 11.3. The number of para-hydroxylation sites is 1. The monoisotopic (exact) mass is 315 g/mol. The smallest absolute Gasteiger partial charge is 0.224 e. The Bertz CT molecular complexity index is 799. The van der Waals surface area contributed by atoms with E-state index in [2.05, 4.69) is 26.7 Å². The number of nitrogens with zero attached hydrogens (tertiary/aromatic N) is 2. The summed E-state index contributed by atoms with van der Waals surface area (Å²) in [5.41, 5.74) is 2.28. The minimum Gasteiger partial charge on any atom is -0.363 e. The Labute approximate surface area is 132 Å². The molecule has 5 heteroatoms. The molecule has 1 atom stereocenters. The summed E-state index contributed by atoms with van der Waals surface area (Å²) >= 11 is 7.91. The van der Waals surface area contributed by atoms with Crippen molar-refractivity contribution < 1.29 is 0 Å². The summed E-state index contributed by atoms with van der Waals surface area (Å²) in [4.78, 5) is 10.2. The average Bonchev–Trinajstić information content (AvgIpc) is 2.96. The Morgan fingerprint density at radius 1 is 1.19 bits per heavy atom. The van der Waals surface area contributed by atoms with Gasteiger partial charge in [-0.1, -0.05) is 12.1 Å². The maximum atomic E-state index is 6.06. The predicted octanol–water partition coefficient (Wildman–Crippen LogP) is 4.83. The van der Waals surface area contributed by atoms with E-state index in [9.17, 15) is 0 Å². The van der Waals surface area contributed by atoms with Crippen molar-refractivity contribution in [1.29, 1.82) is 0 Å². The van der Waals surface area contributed by atoms with Crippen LogP contribution in [0.1, 0.15) is 29.3 Å². The van der Waals surface area contributed by atoms with Gasteiger partial charge in [0, 0.05) is 10.3 Å². The lowest BCUT2D eigenvalue weighted by atomic mass is 9.94. The number of thiophene rings is 1. The molecular formula is C16H14ClN3S. The Morgan fingerprint density at radius 3 is 3.05 bits per heavy atom. The fourth-order valence-corrected chi connectivity index (χ4v) is 4.12. The van der Waals surface area contributed by atoms with E-state index in [1.165, 1.54) is 23.3 Å². The van der Waals surface area contributed by atoms with Gasteiger partial charge in [-0.3, -0.25) is 0 Å². The molecule has 0 fully saturated rings. The van der Waals surface area contributed by atoms with E-state index in [1.54, 1.807) is 0 Å². The Hall–Kier alpha value is -1.65. The Morgan fingerprint density at radius 2 is 2.10 bits per heavy atom. The second-order valence-corrected chi connectivity index (χ2v) is 6.59. The largest absolute Gasteiger partial charge is 0.363 e. The number of rotatable bonds is 2. The molecule has 0 aliphatic heterocycles. The predicted molar refractivity (Wildman–Crippen MR) is 88.2 cm³/mol. The fraction of sp³-hybridized carbons (Fsp3) is 0.250. The standard InChI is InChI=1S/C16H14ClN3S/c17-16-19-13-5-2-1-4-11(13)15(20-16)18-12-6-3-7-14-10(12)8-9-21-14/h1-2,4-5,8-9,12H,3,6-7H2,(H,18,19,20). The molecule has 3 aromatic rings. The number of benzene rings is 1. The Kier molecular flexibility index (Phi) is 3.28. The van der Waals surface area contributed by atoms with Gasteiger partial charge in [0.2, 0.25) is 5.28 Å². The van der Waals surface area contributed by atoms with Gasteiger partial charge in [-0.25, -0.2) is 9.97 Å².